The number of fused-ring (bicyclic) bond motifs is 1. The number of nitrogens with zero attached hydrogens (tertiary/aromatic N) is 1. The van der Waals surface area contributed by atoms with Crippen LogP contribution in [-0.4, -0.2) is 19.1 Å². The zero-order valence-corrected chi connectivity index (χ0v) is 14.8. The van der Waals surface area contributed by atoms with Gasteiger partial charge in [0, 0.05) is 21.4 Å². The molecule has 0 N–H and O–H groups in total. The molecule has 0 saturated carbocycles. The molecule has 0 saturated heterocycles. The number of halogens is 2. The van der Waals surface area contributed by atoms with Gasteiger partial charge in [-0.2, -0.15) is 0 Å². The van der Waals surface area contributed by atoms with Crippen LogP contribution in [0.3, 0.4) is 0 Å². The van der Waals surface area contributed by atoms with Gasteiger partial charge in [-0.1, -0.05) is 28.6 Å². The molecular formula is C14H15BrClNO3S. The van der Waals surface area contributed by atoms with E-state index in [-0.39, 0.29) is 11.0 Å². The number of hydrogen-bond donors (Lipinski definition) is 0. The summed E-state index contributed by atoms with van der Waals surface area (Å²) in [5, 5.41) is 0.495. The van der Waals surface area contributed by atoms with E-state index in [4.69, 9.17) is 15.4 Å². The van der Waals surface area contributed by atoms with Crippen LogP contribution in [0.25, 0.3) is 10.9 Å². The lowest BCUT2D eigenvalue weighted by Gasteiger charge is -2.12. The molecule has 0 aliphatic heterocycles. The number of rotatable bonds is 5. The molecule has 0 fully saturated rings. The quantitative estimate of drug-likeness (QED) is 0.714. The number of ether oxygens (including phenoxy) is 1. The summed E-state index contributed by atoms with van der Waals surface area (Å²) in [4.78, 5) is 0.0455. The molecule has 0 aliphatic rings. The summed E-state index contributed by atoms with van der Waals surface area (Å²) in [7, 11) is 1.69. The third-order valence-corrected chi connectivity index (χ3v) is 4.38. The second kappa shape index (κ2) is 6.02. The van der Waals surface area contributed by atoms with E-state index in [2.05, 4.69) is 22.5 Å². The average Bonchev–Trinajstić information content (AvgIpc) is 2.68. The zero-order chi connectivity index (χ0) is 15.8. The van der Waals surface area contributed by atoms with Crippen molar-refractivity contribution in [1.82, 2.24) is 4.57 Å². The van der Waals surface area contributed by atoms with Crippen molar-refractivity contribution in [3.63, 3.8) is 0 Å². The van der Waals surface area contributed by atoms with E-state index in [0.29, 0.717) is 17.7 Å². The van der Waals surface area contributed by atoms with E-state index in [1.807, 2.05) is 26.0 Å². The topological polar surface area (TPSA) is 48.3 Å². The minimum absolute atomic E-state index is 0.0455. The van der Waals surface area contributed by atoms with Crippen LogP contribution < -0.4 is 4.74 Å². The molecule has 0 bridgehead atoms. The summed E-state index contributed by atoms with van der Waals surface area (Å²) >= 11 is 3.29. The Labute approximate surface area is 136 Å². The van der Waals surface area contributed by atoms with E-state index >= 15 is 0 Å². The van der Waals surface area contributed by atoms with Crippen molar-refractivity contribution >= 4 is 46.6 Å². The first-order chi connectivity index (χ1) is 9.70. The molecule has 0 atom stereocenters. The molecule has 0 radical (unpaired) electrons. The van der Waals surface area contributed by atoms with Crippen molar-refractivity contribution in [3.05, 3.63) is 35.5 Å². The van der Waals surface area contributed by atoms with E-state index in [1.165, 1.54) is 6.20 Å². The Morgan fingerprint density at radius 1 is 1.48 bits per heavy atom. The lowest BCUT2D eigenvalue weighted by atomic mass is 10.2. The van der Waals surface area contributed by atoms with Crippen LogP contribution >= 0.6 is 26.6 Å². The van der Waals surface area contributed by atoms with Gasteiger partial charge in [-0.05, 0) is 26.0 Å². The van der Waals surface area contributed by atoms with Gasteiger partial charge in [-0.3, -0.25) is 0 Å². The Morgan fingerprint density at radius 2 is 2.14 bits per heavy atom. The Bertz CT molecular complexity index is 796. The molecule has 0 unspecified atom stereocenters. The lowest BCUT2D eigenvalue weighted by molar-refractivity contribution is 0.245. The highest BCUT2D eigenvalue weighted by atomic mass is 79.9. The Hall–Kier alpha value is -0.980. The maximum atomic E-state index is 11.8. The Morgan fingerprint density at radius 3 is 2.67 bits per heavy atom. The highest BCUT2D eigenvalue weighted by Crippen LogP contribution is 2.36. The van der Waals surface area contributed by atoms with E-state index in [0.717, 1.165) is 10.00 Å². The first kappa shape index (κ1) is 16.4. The maximum Gasteiger partial charge on any atom is 0.263 e. The van der Waals surface area contributed by atoms with Crippen molar-refractivity contribution in [2.75, 3.05) is 0 Å². The molecule has 2 aromatic rings. The van der Waals surface area contributed by atoms with Crippen LogP contribution in [0.4, 0.5) is 0 Å². The fourth-order valence-corrected chi connectivity index (χ4v) is 3.46. The standard InChI is InChI=1S/C14H15BrClNO3S/c1-9(2)20-12-6-4-5-11-14(12)13(21(16,18)19)8-17(11)7-10(3)15/h4-6,8-9H,3,7H2,1-2H3. The van der Waals surface area contributed by atoms with Crippen molar-refractivity contribution < 1.29 is 13.2 Å². The summed E-state index contributed by atoms with van der Waals surface area (Å²) in [5.74, 6) is 0.501. The van der Waals surface area contributed by atoms with Crippen molar-refractivity contribution in [3.8, 4) is 5.75 Å². The molecular weight excluding hydrogens is 378 g/mol. The number of aromatic nitrogens is 1. The summed E-state index contributed by atoms with van der Waals surface area (Å²) in [6.07, 6.45) is 1.43. The summed E-state index contributed by atoms with van der Waals surface area (Å²) in [6.45, 7) is 7.98. The SMILES string of the molecule is C=C(Br)Cn1cc(S(=O)(=O)Cl)c2c(OC(C)C)cccc21. The highest BCUT2D eigenvalue weighted by molar-refractivity contribution is 9.11. The summed E-state index contributed by atoms with van der Waals surface area (Å²) in [5.41, 5.74) is 0.730. The van der Waals surface area contributed by atoms with Crippen molar-refractivity contribution in [2.24, 2.45) is 0 Å². The van der Waals surface area contributed by atoms with Crippen LogP contribution in [0.2, 0.25) is 0 Å². The smallest absolute Gasteiger partial charge is 0.263 e. The van der Waals surface area contributed by atoms with E-state index in [1.54, 1.807) is 10.6 Å². The van der Waals surface area contributed by atoms with Gasteiger partial charge in [-0.15, -0.1) is 0 Å². The van der Waals surface area contributed by atoms with E-state index < -0.39 is 9.05 Å². The molecule has 7 heteroatoms. The first-order valence-corrected chi connectivity index (χ1v) is 9.37. The van der Waals surface area contributed by atoms with Crippen LogP contribution in [0.5, 0.6) is 5.75 Å². The molecule has 0 aliphatic carbocycles. The minimum atomic E-state index is -3.88. The summed E-state index contributed by atoms with van der Waals surface area (Å²) in [6, 6.07) is 5.38. The monoisotopic (exact) mass is 391 g/mol. The molecule has 21 heavy (non-hydrogen) atoms. The van der Waals surface area contributed by atoms with Gasteiger partial charge in [-0.25, -0.2) is 8.42 Å². The Kier molecular flexibility index (Phi) is 4.70. The van der Waals surface area contributed by atoms with Gasteiger partial charge in [0.2, 0.25) is 0 Å². The lowest BCUT2D eigenvalue weighted by Crippen LogP contribution is -2.06. The van der Waals surface area contributed by atoms with Gasteiger partial charge in [0.15, 0.2) is 0 Å². The van der Waals surface area contributed by atoms with Gasteiger partial charge in [0.1, 0.15) is 10.6 Å². The van der Waals surface area contributed by atoms with Gasteiger partial charge in [0.25, 0.3) is 9.05 Å². The molecule has 0 amide bonds. The molecule has 1 heterocycles. The fraction of sp³-hybridized carbons (Fsp3) is 0.286. The Balaban J connectivity index is 2.78. The minimum Gasteiger partial charge on any atom is -0.490 e. The first-order valence-electron chi connectivity index (χ1n) is 6.26. The summed E-state index contributed by atoms with van der Waals surface area (Å²) < 4.78 is 31.9. The largest absolute Gasteiger partial charge is 0.490 e. The number of allylic oxidation sites excluding steroid dienone is 1. The van der Waals surface area contributed by atoms with Gasteiger partial charge >= 0.3 is 0 Å². The van der Waals surface area contributed by atoms with Crippen LogP contribution in [0.1, 0.15) is 13.8 Å². The number of benzene rings is 1. The normalized spacial score (nSPS) is 12.0. The third-order valence-electron chi connectivity index (χ3n) is 2.80. The molecule has 0 spiro atoms. The second-order valence-corrected chi connectivity index (χ2v) is 8.55. The van der Waals surface area contributed by atoms with Crippen LogP contribution in [0.15, 0.2) is 40.4 Å². The zero-order valence-electron chi connectivity index (χ0n) is 11.6. The average molecular weight is 393 g/mol. The fourth-order valence-electron chi connectivity index (χ4n) is 2.13. The molecule has 1 aromatic heterocycles. The number of hydrogen-bond acceptors (Lipinski definition) is 3. The molecule has 2 rings (SSSR count). The van der Waals surface area contributed by atoms with Crippen LogP contribution in [-0.2, 0) is 15.6 Å². The third kappa shape index (κ3) is 3.62. The van der Waals surface area contributed by atoms with Crippen molar-refractivity contribution in [2.45, 2.75) is 31.4 Å². The highest BCUT2D eigenvalue weighted by Gasteiger charge is 2.22. The van der Waals surface area contributed by atoms with Crippen LogP contribution in [0, 0.1) is 0 Å². The predicted molar refractivity (Wildman–Crippen MR) is 88.8 cm³/mol. The second-order valence-electron chi connectivity index (χ2n) is 4.89. The predicted octanol–water partition coefficient (Wildman–Crippen LogP) is 4.26. The van der Waals surface area contributed by atoms with Gasteiger partial charge < -0.3 is 9.30 Å². The molecule has 4 nitrogen and oxygen atoms in total. The van der Waals surface area contributed by atoms with Crippen molar-refractivity contribution in [1.29, 1.82) is 0 Å². The molecule has 114 valence electrons. The van der Waals surface area contributed by atoms with Gasteiger partial charge in [0.05, 0.1) is 23.6 Å². The molecule has 1 aromatic carbocycles. The van der Waals surface area contributed by atoms with E-state index in [9.17, 15) is 8.42 Å². The maximum absolute atomic E-state index is 11.8.